The van der Waals surface area contributed by atoms with E-state index in [0.29, 0.717) is 6.04 Å². The summed E-state index contributed by atoms with van der Waals surface area (Å²) >= 11 is 0. The fourth-order valence-electron chi connectivity index (χ4n) is 1.77. The van der Waals surface area contributed by atoms with Crippen LogP contribution in [-0.4, -0.2) is 25.2 Å². The van der Waals surface area contributed by atoms with Crippen molar-refractivity contribution in [3.05, 3.63) is 24.0 Å². The Morgan fingerprint density at radius 1 is 1.57 bits per heavy atom. The van der Waals surface area contributed by atoms with Crippen LogP contribution in [0, 0.1) is 0 Å². The summed E-state index contributed by atoms with van der Waals surface area (Å²) < 4.78 is 23.7. The molecule has 1 saturated heterocycles. The van der Waals surface area contributed by atoms with E-state index in [9.17, 15) is 8.42 Å². The molecule has 14 heavy (non-hydrogen) atoms. The van der Waals surface area contributed by atoms with Crippen molar-refractivity contribution >= 4 is 10.0 Å². The lowest BCUT2D eigenvalue weighted by molar-refractivity contribution is 0.593. The molecule has 0 bridgehead atoms. The van der Waals surface area contributed by atoms with Gasteiger partial charge in [-0.3, -0.25) is 3.97 Å². The molecule has 1 fully saturated rings. The van der Waals surface area contributed by atoms with Crippen LogP contribution < -0.4 is 5.32 Å². The summed E-state index contributed by atoms with van der Waals surface area (Å²) in [5.74, 6) is 0. The number of nitrogens with one attached hydrogen (secondary N) is 1. The highest BCUT2D eigenvalue weighted by Gasteiger charge is 2.18. The van der Waals surface area contributed by atoms with Gasteiger partial charge in [0, 0.05) is 18.4 Å². The van der Waals surface area contributed by atoms with Gasteiger partial charge < -0.3 is 5.32 Å². The van der Waals surface area contributed by atoms with Gasteiger partial charge >= 0.3 is 0 Å². The third kappa shape index (κ3) is 1.83. The SMILES string of the molecule is CS(=O)(=O)n1ccc(C2CCCN2)c1. The number of rotatable bonds is 2. The first-order chi connectivity index (χ1) is 6.57. The second-order valence-corrected chi connectivity index (χ2v) is 5.57. The summed E-state index contributed by atoms with van der Waals surface area (Å²) in [7, 11) is -3.12. The van der Waals surface area contributed by atoms with Crippen LogP contribution >= 0.6 is 0 Å². The maximum Gasteiger partial charge on any atom is 0.235 e. The van der Waals surface area contributed by atoms with Gasteiger partial charge in [0.1, 0.15) is 0 Å². The van der Waals surface area contributed by atoms with E-state index in [-0.39, 0.29) is 0 Å². The monoisotopic (exact) mass is 214 g/mol. The molecule has 1 aliphatic heterocycles. The quantitative estimate of drug-likeness (QED) is 0.789. The highest BCUT2D eigenvalue weighted by atomic mass is 32.2. The number of hydrogen-bond acceptors (Lipinski definition) is 3. The van der Waals surface area contributed by atoms with Crippen molar-refractivity contribution in [3.63, 3.8) is 0 Å². The average Bonchev–Trinajstić information content (AvgIpc) is 2.73. The van der Waals surface area contributed by atoms with Gasteiger partial charge in [0.15, 0.2) is 0 Å². The Kier molecular flexibility index (Phi) is 2.36. The number of hydrogen-bond donors (Lipinski definition) is 1. The molecule has 2 heterocycles. The van der Waals surface area contributed by atoms with E-state index in [1.54, 1.807) is 12.4 Å². The van der Waals surface area contributed by atoms with E-state index in [4.69, 9.17) is 0 Å². The van der Waals surface area contributed by atoms with E-state index in [2.05, 4.69) is 5.32 Å². The smallest absolute Gasteiger partial charge is 0.235 e. The molecule has 0 aromatic carbocycles. The normalized spacial score (nSPS) is 22.8. The zero-order valence-electron chi connectivity index (χ0n) is 8.10. The predicted octanol–water partition coefficient (Wildman–Crippen LogP) is 0.720. The molecular formula is C9H14N2O2S. The maximum atomic E-state index is 11.2. The number of nitrogens with zero attached hydrogens (tertiary/aromatic N) is 1. The molecule has 4 nitrogen and oxygen atoms in total. The van der Waals surface area contributed by atoms with Crippen molar-refractivity contribution in [3.8, 4) is 0 Å². The molecule has 0 amide bonds. The number of aromatic nitrogens is 1. The standard InChI is InChI=1S/C9H14N2O2S/c1-14(12,13)11-6-4-8(7-11)9-3-2-5-10-9/h4,6-7,9-10H,2-3,5H2,1H3. The molecule has 0 saturated carbocycles. The fourth-order valence-corrected chi connectivity index (χ4v) is 2.37. The van der Waals surface area contributed by atoms with Gasteiger partial charge in [0.05, 0.1) is 6.26 Å². The summed E-state index contributed by atoms with van der Waals surface area (Å²) in [4.78, 5) is 0. The Hall–Kier alpha value is -0.810. The summed E-state index contributed by atoms with van der Waals surface area (Å²) in [5, 5.41) is 3.33. The van der Waals surface area contributed by atoms with Crippen LogP contribution in [0.1, 0.15) is 24.4 Å². The minimum Gasteiger partial charge on any atom is -0.310 e. The summed E-state index contributed by atoms with van der Waals surface area (Å²) in [6, 6.07) is 2.20. The Bertz CT molecular complexity index is 416. The van der Waals surface area contributed by atoms with Gasteiger partial charge in [-0.25, -0.2) is 8.42 Å². The molecule has 5 heteroatoms. The van der Waals surface area contributed by atoms with E-state index in [1.165, 1.54) is 10.2 Å². The first kappa shape index (κ1) is 9.73. The first-order valence-electron chi connectivity index (χ1n) is 4.69. The Morgan fingerprint density at radius 3 is 2.86 bits per heavy atom. The van der Waals surface area contributed by atoms with Crippen LogP contribution in [0.5, 0.6) is 0 Å². The van der Waals surface area contributed by atoms with Gasteiger partial charge in [-0.05, 0) is 31.0 Å². The van der Waals surface area contributed by atoms with Crippen LogP contribution in [0.15, 0.2) is 18.5 Å². The molecule has 1 aliphatic rings. The highest BCUT2D eigenvalue weighted by molar-refractivity contribution is 7.89. The second kappa shape index (κ2) is 3.40. The molecule has 1 aromatic rings. The van der Waals surface area contributed by atoms with Crippen LogP contribution in [0.2, 0.25) is 0 Å². The van der Waals surface area contributed by atoms with E-state index in [0.717, 1.165) is 24.9 Å². The minimum absolute atomic E-state index is 0.331. The average molecular weight is 214 g/mol. The van der Waals surface area contributed by atoms with Gasteiger partial charge in [0.25, 0.3) is 0 Å². The highest BCUT2D eigenvalue weighted by Crippen LogP contribution is 2.23. The molecular weight excluding hydrogens is 200 g/mol. The van der Waals surface area contributed by atoms with Crippen molar-refractivity contribution in [1.82, 2.24) is 9.29 Å². The Labute approximate surface area is 84.0 Å². The van der Waals surface area contributed by atoms with E-state index < -0.39 is 10.0 Å². The van der Waals surface area contributed by atoms with Gasteiger partial charge in [-0.2, -0.15) is 0 Å². The van der Waals surface area contributed by atoms with E-state index in [1.807, 2.05) is 6.07 Å². The summed E-state index contributed by atoms with van der Waals surface area (Å²) in [5.41, 5.74) is 1.06. The van der Waals surface area contributed by atoms with Crippen molar-refractivity contribution in [2.45, 2.75) is 18.9 Å². The molecule has 0 spiro atoms. The first-order valence-corrected chi connectivity index (χ1v) is 6.54. The lowest BCUT2D eigenvalue weighted by Crippen LogP contribution is -2.12. The Morgan fingerprint density at radius 2 is 2.36 bits per heavy atom. The van der Waals surface area contributed by atoms with Crippen molar-refractivity contribution < 1.29 is 8.42 Å². The molecule has 1 unspecified atom stereocenters. The third-order valence-electron chi connectivity index (χ3n) is 2.54. The van der Waals surface area contributed by atoms with Crippen LogP contribution in [-0.2, 0) is 10.0 Å². The van der Waals surface area contributed by atoms with Gasteiger partial charge in [-0.1, -0.05) is 0 Å². The molecule has 2 rings (SSSR count). The Balaban J connectivity index is 2.25. The molecule has 78 valence electrons. The minimum atomic E-state index is -3.12. The lowest BCUT2D eigenvalue weighted by Gasteiger charge is -2.06. The summed E-state index contributed by atoms with van der Waals surface area (Å²) in [6.07, 6.45) is 6.75. The van der Waals surface area contributed by atoms with Crippen molar-refractivity contribution in [2.75, 3.05) is 12.8 Å². The molecule has 0 radical (unpaired) electrons. The van der Waals surface area contributed by atoms with Crippen LogP contribution in [0.4, 0.5) is 0 Å². The summed E-state index contributed by atoms with van der Waals surface area (Å²) in [6.45, 7) is 1.02. The zero-order chi connectivity index (χ0) is 10.2. The van der Waals surface area contributed by atoms with Crippen molar-refractivity contribution in [2.24, 2.45) is 0 Å². The molecule has 1 N–H and O–H groups in total. The van der Waals surface area contributed by atoms with E-state index >= 15 is 0 Å². The van der Waals surface area contributed by atoms with Gasteiger partial charge in [0.2, 0.25) is 10.0 Å². The fraction of sp³-hybridized carbons (Fsp3) is 0.556. The molecule has 0 aliphatic carbocycles. The maximum absolute atomic E-state index is 11.2. The zero-order valence-corrected chi connectivity index (χ0v) is 8.92. The molecule has 1 aromatic heterocycles. The third-order valence-corrected chi connectivity index (χ3v) is 3.53. The van der Waals surface area contributed by atoms with Crippen LogP contribution in [0.3, 0.4) is 0 Å². The largest absolute Gasteiger partial charge is 0.310 e. The van der Waals surface area contributed by atoms with Crippen molar-refractivity contribution in [1.29, 1.82) is 0 Å². The predicted molar refractivity (Wildman–Crippen MR) is 54.7 cm³/mol. The van der Waals surface area contributed by atoms with Gasteiger partial charge in [-0.15, -0.1) is 0 Å². The molecule has 1 atom stereocenters. The van der Waals surface area contributed by atoms with Crippen LogP contribution in [0.25, 0.3) is 0 Å². The lowest BCUT2D eigenvalue weighted by atomic mass is 10.1. The topological polar surface area (TPSA) is 51.1 Å². The second-order valence-electron chi connectivity index (χ2n) is 3.69.